The van der Waals surface area contributed by atoms with Crippen LogP contribution < -0.4 is 11.1 Å². The number of aryl methyl sites for hydroxylation is 2. The van der Waals surface area contributed by atoms with Crippen LogP contribution in [0.15, 0.2) is 82.0 Å². The van der Waals surface area contributed by atoms with Crippen LogP contribution in [0.3, 0.4) is 0 Å². The number of rotatable bonds is 5. The molecule has 0 atom stereocenters. The Kier molecular flexibility index (Phi) is 13.0. The zero-order chi connectivity index (χ0) is 27.2. The number of amides is 1. The number of pyridine rings is 4. The number of nitrogens with zero attached hydrogens (tertiary/aromatic N) is 4. The van der Waals surface area contributed by atoms with Gasteiger partial charge in [-0.15, -0.1) is 0 Å². The van der Waals surface area contributed by atoms with Crippen molar-refractivity contribution in [3.63, 3.8) is 0 Å². The first kappa shape index (κ1) is 30.2. The summed E-state index contributed by atoms with van der Waals surface area (Å²) in [7, 11) is 0. The number of hydrogen-bond acceptors (Lipinski definition) is 7. The van der Waals surface area contributed by atoms with Crippen molar-refractivity contribution in [2.24, 2.45) is 5.73 Å². The van der Waals surface area contributed by atoms with Crippen molar-refractivity contribution in [2.75, 3.05) is 0 Å². The Bertz CT molecular complexity index is 1310. The Balaban J connectivity index is 0.000000214. The maximum atomic E-state index is 11.8. The lowest BCUT2D eigenvalue weighted by Gasteiger charge is -2.04. The normalized spacial score (nSPS) is 9.78. The highest BCUT2D eigenvalue weighted by Crippen LogP contribution is 2.08. The van der Waals surface area contributed by atoms with Gasteiger partial charge in [-0.3, -0.25) is 19.6 Å². The van der Waals surface area contributed by atoms with Gasteiger partial charge in [-0.1, -0.05) is 12.1 Å². The van der Waals surface area contributed by atoms with Crippen LogP contribution in [0.4, 0.5) is 0 Å². The van der Waals surface area contributed by atoms with Crippen LogP contribution in [-0.4, -0.2) is 31.1 Å². The maximum absolute atomic E-state index is 11.8. The molecule has 3 N–H and O–H groups in total. The number of hydrogen-bond donors (Lipinski definition) is 2. The number of carbonyl (C=O) groups is 2. The third kappa shape index (κ3) is 11.7. The average Bonchev–Trinajstić information content (AvgIpc) is 2.89. The van der Waals surface area contributed by atoms with E-state index in [0.717, 1.165) is 31.7 Å². The monoisotopic (exact) mass is 646 g/mol. The Morgan fingerprint density at radius 1 is 0.811 bits per heavy atom. The first-order valence-electron chi connectivity index (χ1n) is 10.9. The van der Waals surface area contributed by atoms with E-state index in [1.807, 2.05) is 56.3 Å². The van der Waals surface area contributed by atoms with Crippen LogP contribution in [0.25, 0.3) is 0 Å². The average molecular weight is 649 g/mol. The second-order valence-electron chi connectivity index (χ2n) is 7.42. The molecule has 0 saturated heterocycles. The molecule has 1 amide bonds. The predicted octanol–water partition coefficient (Wildman–Crippen LogP) is 5.55. The van der Waals surface area contributed by atoms with Crippen molar-refractivity contribution in [3.05, 3.63) is 116 Å². The van der Waals surface area contributed by atoms with E-state index < -0.39 is 5.24 Å². The first-order chi connectivity index (χ1) is 17.7. The van der Waals surface area contributed by atoms with Crippen LogP contribution in [0, 0.1) is 13.8 Å². The van der Waals surface area contributed by atoms with Gasteiger partial charge in [0.25, 0.3) is 11.1 Å². The molecule has 0 unspecified atom stereocenters. The molecule has 0 fully saturated rings. The Morgan fingerprint density at radius 2 is 1.32 bits per heavy atom. The van der Waals surface area contributed by atoms with Crippen LogP contribution >= 0.6 is 43.5 Å². The predicted molar refractivity (Wildman–Crippen MR) is 151 cm³/mol. The van der Waals surface area contributed by atoms with Gasteiger partial charge in [0, 0.05) is 39.3 Å². The summed E-state index contributed by atoms with van der Waals surface area (Å²) in [5.41, 5.74) is 9.39. The van der Waals surface area contributed by atoms with Gasteiger partial charge in [-0.25, -0.2) is 9.97 Å². The van der Waals surface area contributed by atoms with Crippen molar-refractivity contribution >= 4 is 54.6 Å². The molecule has 0 aliphatic rings. The quantitative estimate of drug-likeness (QED) is 0.272. The summed E-state index contributed by atoms with van der Waals surface area (Å²) in [5, 5.41) is 2.27. The smallest absolute Gasteiger partial charge is 0.270 e. The zero-order valence-electron chi connectivity index (χ0n) is 20.2. The fourth-order valence-electron chi connectivity index (χ4n) is 2.62. The summed E-state index contributed by atoms with van der Waals surface area (Å²) >= 11 is 11.8. The first-order valence-corrected chi connectivity index (χ1v) is 12.9. The number of nitrogens with one attached hydrogen (secondary N) is 1. The van der Waals surface area contributed by atoms with E-state index in [1.165, 1.54) is 0 Å². The highest BCUT2D eigenvalue weighted by molar-refractivity contribution is 9.10. The minimum atomic E-state index is -0.510. The van der Waals surface area contributed by atoms with E-state index in [9.17, 15) is 9.59 Å². The summed E-state index contributed by atoms with van der Waals surface area (Å²) in [6.45, 7) is 4.56. The second-order valence-corrected chi connectivity index (χ2v) is 9.60. The van der Waals surface area contributed by atoms with E-state index in [-0.39, 0.29) is 5.91 Å². The molecule has 0 aliphatic heterocycles. The fraction of sp³-hybridized carbons (Fsp3) is 0.154. The van der Waals surface area contributed by atoms with Crippen molar-refractivity contribution in [3.8, 4) is 0 Å². The third-order valence-electron chi connectivity index (χ3n) is 4.43. The zero-order valence-corrected chi connectivity index (χ0v) is 24.1. The summed E-state index contributed by atoms with van der Waals surface area (Å²) in [6, 6.07) is 18.1. The summed E-state index contributed by atoms with van der Waals surface area (Å²) in [4.78, 5) is 38.6. The third-order valence-corrected chi connectivity index (χ3v) is 5.56. The molecular weight excluding hydrogens is 624 g/mol. The molecule has 4 heterocycles. The number of halogens is 3. The van der Waals surface area contributed by atoms with Gasteiger partial charge >= 0.3 is 0 Å². The minimum absolute atomic E-state index is 0.191. The molecule has 0 bridgehead atoms. The molecule has 0 aliphatic carbocycles. The van der Waals surface area contributed by atoms with Gasteiger partial charge in [0.05, 0.1) is 17.9 Å². The molecular formula is C26H25Br2ClN6O2. The van der Waals surface area contributed by atoms with Gasteiger partial charge in [-0.05, 0) is 106 Å². The maximum Gasteiger partial charge on any atom is 0.270 e. The molecule has 0 saturated carbocycles. The Morgan fingerprint density at radius 3 is 1.76 bits per heavy atom. The van der Waals surface area contributed by atoms with Crippen molar-refractivity contribution in [1.29, 1.82) is 0 Å². The highest BCUT2D eigenvalue weighted by atomic mass is 79.9. The van der Waals surface area contributed by atoms with Gasteiger partial charge in [-0.2, -0.15) is 0 Å². The SMILES string of the molecule is Cc1cccc(C(=O)Cl)n1.Cc1cccc(C(=O)NCc2ccc(Br)cn2)n1.NCc1ccc(Br)cn1. The van der Waals surface area contributed by atoms with Gasteiger partial charge in [0.15, 0.2) is 0 Å². The van der Waals surface area contributed by atoms with Crippen LogP contribution in [-0.2, 0) is 13.1 Å². The van der Waals surface area contributed by atoms with E-state index in [2.05, 4.69) is 57.1 Å². The van der Waals surface area contributed by atoms with Crippen molar-refractivity contribution in [2.45, 2.75) is 26.9 Å². The highest BCUT2D eigenvalue weighted by Gasteiger charge is 2.07. The summed E-state index contributed by atoms with van der Waals surface area (Å²) < 4.78 is 1.90. The molecule has 4 aromatic rings. The van der Waals surface area contributed by atoms with Crippen LogP contribution in [0.1, 0.15) is 43.8 Å². The van der Waals surface area contributed by atoms with E-state index in [4.69, 9.17) is 17.3 Å². The van der Waals surface area contributed by atoms with E-state index >= 15 is 0 Å². The lowest BCUT2D eigenvalue weighted by Crippen LogP contribution is -2.24. The second kappa shape index (κ2) is 15.9. The van der Waals surface area contributed by atoms with Crippen LogP contribution in [0.5, 0.6) is 0 Å². The molecule has 192 valence electrons. The molecule has 0 spiro atoms. The molecule has 11 heteroatoms. The topological polar surface area (TPSA) is 124 Å². The lowest BCUT2D eigenvalue weighted by atomic mass is 10.3. The minimum Gasteiger partial charge on any atom is -0.345 e. The largest absolute Gasteiger partial charge is 0.345 e. The van der Waals surface area contributed by atoms with Crippen molar-refractivity contribution in [1.82, 2.24) is 25.3 Å². The van der Waals surface area contributed by atoms with Gasteiger partial charge in [0.1, 0.15) is 11.4 Å². The molecule has 4 rings (SSSR count). The fourth-order valence-corrected chi connectivity index (χ4v) is 3.20. The molecule has 4 aromatic heterocycles. The van der Waals surface area contributed by atoms with Gasteiger partial charge in [0.2, 0.25) is 0 Å². The van der Waals surface area contributed by atoms with Crippen molar-refractivity contribution < 1.29 is 9.59 Å². The summed E-state index contributed by atoms with van der Waals surface area (Å²) in [5.74, 6) is -0.191. The van der Waals surface area contributed by atoms with Gasteiger partial charge < -0.3 is 11.1 Å². The molecule has 0 aromatic carbocycles. The van der Waals surface area contributed by atoms with E-state index in [0.29, 0.717) is 24.5 Å². The summed E-state index contributed by atoms with van der Waals surface area (Å²) in [6.07, 6.45) is 3.44. The van der Waals surface area contributed by atoms with E-state index in [1.54, 1.807) is 30.6 Å². The number of nitrogens with two attached hydrogens (primary N) is 1. The molecule has 0 radical (unpaired) electrons. The number of carbonyl (C=O) groups excluding carboxylic acids is 2. The number of aromatic nitrogens is 4. The lowest BCUT2D eigenvalue weighted by molar-refractivity contribution is 0.0944. The molecule has 8 nitrogen and oxygen atoms in total. The standard InChI is InChI=1S/C13H12BrN3O.C7H6ClNO.C6H7BrN2/c1-9-3-2-4-12(17-9)13(18)16-8-11-6-5-10(14)7-15-11;1-5-3-2-4-6(9-5)7(8)10;7-5-1-2-6(3-8)9-4-5/h2-7H,8H2,1H3,(H,16,18);2-4H,1H3;1-2,4H,3,8H2. The Hall–Kier alpha value is -3.05. The Labute approximate surface area is 237 Å². The van der Waals surface area contributed by atoms with Crippen LogP contribution in [0.2, 0.25) is 0 Å². The molecule has 37 heavy (non-hydrogen) atoms.